The van der Waals surface area contributed by atoms with Gasteiger partial charge in [0.1, 0.15) is 5.75 Å². The Morgan fingerprint density at radius 2 is 1.94 bits per heavy atom. The van der Waals surface area contributed by atoms with Crippen LogP contribution in [0.25, 0.3) is 6.08 Å². The highest BCUT2D eigenvalue weighted by Gasteiger charge is 1.99. The zero-order valence-corrected chi connectivity index (χ0v) is 11.2. The Hall–Kier alpha value is -1.80. The number of halogens is 1. The number of carbonyl (C=O) groups excluding carboxylic acids is 1. The van der Waals surface area contributed by atoms with E-state index in [0.29, 0.717) is 10.6 Å². The van der Waals surface area contributed by atoms with Crippen LogP contribution in [0.3, 0.4) is 0 Å². The van der Waals surface area contributed by atoms with Gasteiger partial charge in [0, 0.05) is 5.03 Å². The van der Waals surface area contributed by atoms with E-state index in [-0.39, 0.29) is 5.78 Å². The number of methoxy groups -OCH3 is 1. The van der Waals surface area contributed by atoms with Gasteiger partial charge in [0.25, 0.3) is 0 Å². The van der Waals surface area contributed by atoms with Gasteiger partial charge in [-0.3, -0.25) is 4.79 Å². The summed E-state index contributed by atoms with van der Waals surface area (Å²) < 4.78 is 5.05. The molecule has 18 heavy (non-hydrogen) atoms. The molecule has 0 aliphatic heterocycles. The highest BCUT2D eigenvalue weighted by molar-refractivity contribution is 6.31. The first-order chi connectivity index (χ1) is 8.52. The standard InChI is InChI=1S/C15H15ClO2/c1-11(10-12(2)16)15(17)9-6-13-4-7-14(18-3)8-5-13/h4-10H,2H2,1,3H3. The molecule has 0 radical (unpaired) electrons. The molecule has 0 aromatic heterocycles. The summed E-state index contributed by atoms with van der Waals surface area (Å²) in [6.07, 6.45) is 4.80. The molecule has 94 valence electrons. The average molecular weight is 263 g/mol. The van der Waals surface area contributed by atoms with Gasteiger partial charge in [-0.25, -0.2) is 0 Å². The van der Waals surface area contributed by atoms with Crippen LogP contribution < -0.4 is 4.74 Å². The Balaban J connectivity index is 2.74. The van der Waals surface area contributed by atoms with Crippen LogP contribution in [0.15, 0.2) is 53.6 Å². The second-order valence-corrected chi connectivity index (χ2v) is 4.23. The topological polar surface area (TPSA) is 26.3 Å². The van der Waals surface area contributed by atoms with Gasteiger partial charge in [-0.05, 0) is 42.3 Å². The van der Waals surface area contributed by atoms with E-state index in [2.05, 4.69) is 6.58 Å². The third-order valence-corrected chi connectivity index (χ3v) is 2.41. The molecule has 0 saturated carbocycles. The molecule has 3 heteroatoms. The van der Waals surface area contributed by atoms with E-state index < -0.39 is 0 Å². The lowest BCUT2D eigenvalue weighted by molar-refractivity contribution is -0.111. The molecule has 0 saturated heterocycles. The summed E-state index contributed by atoms with van der Waals surface area (Å²) in [7, 11) is 1.61. The molecule has 0 spiro atoms. The van der Waals surface area contributed by atoms with E-state index in [1.165, 1.54) is 6.08 Å². The number of ketones is 1. The predicted molar refractivity (Wildman–Crippen MR) is 75.8 cm³/mol. The van der Waals surface area contributed by atoms with Crippen LogP contribution in [-0.2, 0) is 4.79 Å². The summed E-state index contributed by atoms with van der Waals surface area (Å²) in [6.45, 7) is 5.22. The van der Waals surface area contributed by atoms with Gasteiger partial charge in [-0.2, -0.15) is 0 Å². The Bertz CT molecular complexity index is 496. The van der Waals surface area contributed by atoms with E-state index in [1.807, 2.05) is 24.3 Å². The van der Waals surface area contributed by atoms with Crippen molar-refractivity contribution in [2.75, 3.05) is 7.11 Å². The maximum atomic E-state index is 11.7. The molecule has 0 heterocycles. The minimum atomic E-state index is -0.0902. The number of benzene rings is 1. The largest absolute Gasteiger partial charge is 0.497 e. The van der Waals surface area contributed by atoms with E-state index in [9.17, 15) is 4.79 Å². The maximum Gasteiger partial charge on any atom is 0.181 e. The fourth-order valence-electron chi connectivity index (χ4n) is 1.32. The van der Waals surface area contributed by atoms with Gasteiger partial charge >= 0.3 is 0 Å². The molecule has 0 fully saturated rings. The summed E-state index contributed by atoms with van der Waals surface area (Å²) in [4.78, 5) is 11.7. The normalized spacial score (nSPS) is 11.6. The molecular weight excluding hydrogens is 248 g/mol. The molecule has 0 unspecified atom stereocenters. The van der Waals surface area contributed by atoms with Crippen molar-refractivity contribution >= 4 is 23.5 Å². The van der Waals surface area contributed by atoms with E-state index >= 15 is 0 Å². The fraction of sp³-hybridized carbons (Fsp3) is 0.133. The summed E-state index contributed by atoms with van der Waals surface area (Å²) in [5.41, 5.74) is 1.49. The molecule has 0 bridgehead atoms. The van der Waals surface area contributed by atoms with Gasteiger partial charge in [-0.1, -0.05) is 36.4 Å². The molecule has 2 nitrogen and oxygen atoms in total. The van der Waals surface area contributed by atoms with E-state index in [1.54, 1.807) is 26.2 Å². The molecule has 0 N–H and O–H groups in total. The molecule has 0 aliphatic carbocycles. The predicted octanol–water partition coefficient (Wildman–Crippen LogP) is 3.98. The average Bonchev–Trinajstić information content (AvgIpc) is 2.35. The third-order valence-electron chi connectivity index (χ3n) is 2.30. The Morgan fingerprint density at radius 1 is 1.33 bits per heavy atom. The van der Waals surface area contributed by atoms with Gasteiger partial charge < -0.3 is 4.74 Å². The molecular formula is C15H15ClO2. The Kier molecular flexibility index (Phi) is 5.40. The number of rotatable bonds is 5. The van der Waals surface area contributed by atoms with Crippen molar-refractivity contribution in [3.63, 3.8) is 0 Å². The van der Waals surface area contributed by atoms with Crippen molar-refractivity contribution in [3.8, 4) is 5.75 Å². The minimum absolute atomic E-state index is 0.0902. The first kappa shape index (κ1) is 14.3. The summed E-state index contributed by atoms with van der Waals surface area (Å²) in [6, 6.07) is 7.44. The number of ether oxygens (including phenoxy) is 1. The van der Waals surface area contributed by atoms with Crippen molar-refractivity contribution in [3.05, 3.63) is 59.2 Å². The smallest absolute Gasteiger partial charge is 0.181 e. The van der Waals surface area contributed by atoms with Crippen molar-refractivity contribution in [2.45, 2.75) is 6.92 Å². The highest BCUT2D eigenvalue weighted by Crippen LogP contribution is 2.13. The molecule has 1 aromatic rings. The monoisotopic (exact) mass is 262 g/mol. The molecule has 0 amide bonds. The summed E-state index contributed by atoms with van der Waals surface area (Å²) in [5.74, 6) is 0.695. The number of hydrogen-bond donors (Lipinski definition) is 0. The van der Waals surface area contributed by atoms with Gasteiger partial charge in [0.15, 0.2) is 5.78 Å². The first-order valence-corrected chi connectivity index (χ1v) is 5.80. The Labute approximate surface area is 112 Å². The lowest BCUT2D eigenvalue weighted by Gasteiger charge is -1.99. The van der Waals surface area contributed by atoms with Crippen LogP contribution in [0.1, 0.15) is 12.5 Å². The van der Waals surface area contributed by atoms with Crippen molar-refractivity contribution in [1.29, 1.82) is 0 Å². The summed E-state index contributed by atoms with van der Waals surface area (Å²) in [5, 5.41) is 0.346. The van der Waals surface area contributed by atoms with Crippen LogP contribution in [-0.4, -0.2) is 12.9 Å². The Morgan fingerprint density at radius 3 is 2.44 bits per heavy atom. The second-order valence-electron chi connectivity index (χ2n) is 3.74. The van der Waals surface area contributed by atoms with Crippen molar-refractivity contribution in [1.82, 2.24) is 0 Å². The van der Waals surface area contributed by atoms with Gasteiger partial charge in [0.2, 0.25) is 0 Å². The molecule has 0 atom stereocenters. The number of hydrogen-bond acceptors (Lipinski definition) is 2. The lowest BCUT2D eigenvalue weighted by Crippen LogP contribution is -1.93. The van der Waals surface area contributed by atoms with Gasteiger partial charge in [0.05, 0.1) is 7.11 Å². The number of allylic oxidation sites excluding steroid dienone is 4. The van der Waals surface area contributed by atoms with Crippen molar-refractivity contribution in [2.24, 2.45) is 0 Å². The van der Waals surface area contributed by atoms with Crippen LogP contribution >= 0.6 is 11.6 Å². The zero-order chi connectivity index (χ0) is 13.5. The summed E-state index contributed by atoms with van der Waals surface area (Å²) >= 11 is 5.61. The van der Waals surface area contributed by atoms with Crippen LogP contribution in [0, 0.1) is 0 Å². The van der Waals surface area contributed by atoms with E-state index in [4.69, 9.17) is 16.3 Å². The SMILES string of the molecule is C=C(Cl)C=C(C)C(=O)C=Cc1ccc(OC)cc1. The minimum Gasteiger partial charge on any atom is -0.497 e. The van der Waals surface area contributed by atoms with E-state index in [0.717, 1.165) is 11.3 Å². The lowest BCUT2D eigenvalue weighted by atomic mass is 10.1. The second kappa shape index (κ2) is 6.82. The maximum absolute atomic E-state index is 11.7. The van der Waals surface area contributed by atoms with Crippen LogP contribution in [0.5, 0.6) is 5.75 Å². The number of carbonyl (C=O) groups is 1. The highest BCUT2D eigenvalue weighted by atomic mass is 35.5. The fourth-order valence-corrected chi connectivity index (χ4v) is 1.49. The zero-order valence-electron chi connectivity index (χ0n) is 10.4. The van der Waals surface area contributed by atoms with Crippen molar-refractivity contribution < 1.29 is 9.53 Å². The molecule has 0 aliphatic rings. The quantitative estimate of drug-likeness (QED) is 0.593. The van der Waals surface area contributed by atoms with Crippen LogP contribution in [0.4, 0.5) is 0 Å². The first-order valence-electron chi connectivity index (χ1n) is 5.42. The van der Waals surface area contributed by atoms with Gasteiger partial charge in [-0.15, -0.1) is 0 Å². The molecule has 1 rings (SSSR count). The molecule has 1 aromatic carbocycles. The third kappa shape index (κ3) is 4.60. The van der Waals surface area contributed by atoms with Crippen LogP contribution in [0.2, 0.25) is 0 Å².